The van der Waals surface area contributed by atoms with Crippen LogP contribution in [0.3, 0.4) is 0 Å². The normalized spacial score (nSPS) is 14.2. The fraction of sp³-hybridized carbons (Fsp3) is 0.316. The van der Waals surface area contributed by atoms with Gasteiger partial charge in [0.05, 0.1) is 16.8 Å². The molecule has 0 saturated carbocycles. The van der Waals surface area contributed by atoms with Gasteiger partial charge in [-0.15, -0.1) is 0 Å². The van der Waals surface area contributed by atoms with Gasteiger partial charge in [0.15, 0.2) is 0 Å². The fourth-order valence-electron chi connectivity index (χ4n) is 3.18. The number of hydrogen-bond acceptors (Lipinski definition) is 5. The molecule has 0 spiro atoms. The van der Waals surface area contributed by atoms with Crippen LogP contribution in [0.1, 0.15) is 21.5 Å². The first-order chi connectivity index (χ1) is 13.4. The number of carbonyl (C=O) groups is 1. The van der Waals surface area contributed by atoms with Gasteiger partial charge in [-0.05, 0) is 54.8 Å². The Labute approximate surface area is 171 Å². The Bertz CT molecular complexity index is 1190. The summed E-state index contributed by atoms with van der Waals surface area (Å²) in [7, 11) is -4.08. The average Bonchev–Trinajstić information content (AvgIpc) is 3.04. The van der Waals surface area contributed by atoms with Gasteiger partial charge < -0.3 is 4.90 Å². The maximum Gasteiger partial charge on any atom is 0.258 e. The lowest BCUT2D eigenvalue weighted by molar-refractivity contribution is 0.0989. The summed E-state index contributed by atoms with van der Waals surface area (Å²) in [6.45, 7) is 2.17. The number of anilines is 2. The Morgan fingerprint density at radius 1 is 1.07 bits per heavy atom. The second kappa shape index (κ2) is 7.43. The monoisotopic (exact) mass is 437 g/mol. The summed E-state index contributed by atoms with van der Waals surface area (Å²) >= 11 is 0. The van der Waals surface area contributed by atoms with E-state index in [2.05, 4.69) is 4.72 Å². The molecule has 0 atom stereocenters. The maximum atomic E-state index is 13.1. The Balaban J connectivity index is 1.93. The lowest BCUT2D eigenvalue weighted by Crippen LogP contribution is -2.29. The second-order valence-electron chi connectivity index (χ2n) is 7.19. The van der Waals surface area contributed by atoms with Crippen LogP contribution in [-0.4, -0.2) is 53.9 Å². The van der Waals surface area contributed by atoms with Crippen LogP contribution in [0.4, 0.5) is 11.4 Å². The minimum Gasteiger partial charge on any atom is -0.308 e. The fourth-order valence-corrected chi connectivity index (χ4v) is 4.75. The van der Waals surface area contributed by atoms with E-state index in [1.54, 1.807) is 36.1 Å². The lowest BCUT2D eigenvalue weighted by atomic mass is 10.1. The molecule has 1 aliphatic rings. The number of fused-ring (bicyclic) bond motifs is 1. The second-order valence-corrected chi connectivity index (χ2v) is 11.1. The first-order valence-corrected chi connectivity index (χ1v) is 12.2. The molecule has 2 aromatic carbocycles. The van der Waals surface area contributed by atoms with Gasteiger partial charge in [-0.2, -0.15) is 0 Å². The van der Waals surface area contributed by atoms with Gasteiger partial charge in [0.1, 0.15) is 0 Å². The molecule has 1 amide bonds. The van der Waals surface area contributed by atoms with Crippen molar-refractivity contribution in [2.24, 2.45) is 0 Å². The highest BCUT2D eigenvalue weighted by atomic mass is 32.2. The molecule has 0 bridgehead atoms. The Hall–Kier alpha value is -2.43. The highest BCUT2D eigenvalue weighted by Gasteiger charge is 2.28. The van der Waals surface area contributed by atoms with Crippen molar-refractivity contribution in [3.63, 3.8) is 0 Å². The predicted molar refractivity (Wildman–Crippen MR) is 112 cm³/mol. The van der Waals surface area contributed by atoms with E-state index in [4.69, 9.17) is 0 Å². The molecular formula is C19H23N3O5S2. The summed E-state index contributed by atoms with van der Waals surface area (Å²) in [6.07, 6.45) is 1.59. The number of rotatable bonds is 5. The van der Waals surface area contributed by atoms with Crippen LogP contribution in [-0.2, 0) is 26.5 Å². The van der Waals surface area contributed by atoms with Crippen molar-refractivity contribution in [2.45, 2.75) is 18.2 Å². The number of carbonyl (C=O) groups excluding carboxylic acids is 1. The van der Waals surface area contributed by atoms with Crippen LogP contribution in [0.25, 0.3) is 0 Å². The minimum atomic E-state index is -3.55. The van der Waals surface area contributed by atoms with Crippen molar-refractivity contribution in [1.29, 1.82) is 0 Å². The van der Waals surface area contributed by atoms with Gasteiger partial charge in [-0.25, -0.2) is 21.1 Å². The molecule has 0 aromatic heterocycles. The van der Waals surface area contributed by atoms with Gasteiger partial charge in [0.25, 0.3) is 5.91 Å². The molecule has 10 heteroatoms. The number of nitrogens with zero attached hydrogens (tertiary/aromatic N) is 2. The smallest absolute Gasteiger partial charge is 0.258 e. The molecule has 0 aliphatic carbocycles. The zero-order chi connectivity index (χ0) is 21.6. The van der Waals surface area contributed by atoms with Crippen molar-refractivity contribution in [3.8, 4) is 0 Å². The molecule has 156 valence electrons. The van der Waals surface area contributed by atoms with E-state index in [1.165, 1.54) is 26.2 Å². The molecule has 1 aliphatic heterocycles. The molecule has 2 aromatic rings. The predicted octanol–water partition coefficient (Wildman–Crippen LogP) is 1.82. The van der Waals surface area contributed by atoms with Crippen molar-refractivity contribution in [2.75, 3.05) is 36.5 Å². The highest BCUT2D eigenvalue weighted by molar-refractivity contribution is 7.92. The van der Waals surface area contributed by atoms with Crippen molar-refractivity contribution < 1.29 is 21.6 Å². The van der Waals surface area contributed by atoms with Crippen LogP contribution in [0.5, 0.6) is 0 Å². The molecule has 3 rings (SSSR count). The topological polar surface area (TPSA) is 104 Å². The molecule has 0 unspecified atom stereocenters. The number of hydrogen-bond donors (Lipinski definition) is 1. The first kappa shape index (κ1) is 21.3. The summed E-state index contributed by atoms with van der Waals surface area (Å²) in [4.78, 5) is 14.8. The standard InChI is InChI=1S/C19H23N3O5S2/c1-13-5-6-15(12-17(13)20-28(4,24)25)19(23)22-10-9-14-11-16(7-8-18(14)22)29(26,27)21(2)3/h5-8,11-12,20H,9-10H2,1-4H3. The largest absolute Gasteiger partial charge is 0.308 e. The van der Waals surface area contributed by atoms with E-state index >= 15 is 0 Å². The summed E-state index contributed by atoms with van der Waals surface area (Å²) < 4.78 is 51.4. The third kappa shape index (κ3) is 4.29. The highest BCUT2D eigenvalue weighted by Crippen LogP contribution is 2.32. The van der Waals surface area contributed by atoms with Gasteiger partial charge in [-0.3, -0.25) is 9.52 Å². The van der Waals surface area contributed by atoms with Crippen LogP contribution >= 0.6 is 0 Å². The van der Waals surface area contributed by atoms with Crippen molar-refractivity contribution >= 4 is 37.3 Å². The van der Waals surface area contributed by atoms with E-state index in [9.17, 15) is 21.6 Å². The van der Waals surface area contributed by atoms with Gasteiger partial charge in [0, 0.05) is 31.9 Å². The summed E-state index contributed by atoms with van der Waals surface area (Å²) in [6, 6.07) is 9.58. The van der Waals surface area contributed by atoms with Gasteiger partial charge >= 0.3 is 0 Å². The number of amides is 1. The molecule has 8 nitrogen and oxygen atoms in total. The zero-order valence-corrected chi connectivity index (χ0v) is 18.3. The molecule has 0 saturated heterocycles. The van der Waals surface area contributed by atoms with Gasteiger partial charge in [-0.1, -0.05) is 6.07 Å². The summed E-state index contributed by atoms with van der Waals surface area (Å²) in [5.74, 6) is -0.275. The van der Waals surface area contributed by atoms with Crippen LogP contribution in [0, 0.1) is 6.92 Å². The lowest BCUT2D eigenvalue weighted by Gasteiger charge is -2.19. The van der Waals surface area contributed by atoms with Crippen LogP contribution in [0.15, 0.2) is 41.3 Å². The van der Waals surface area contributed by atoms with Crippen molar-refractivity contribution in [1.82, 2.24) is 4.31 Å². The molecular weight excluding hydrogens is 414 g/mol. The third-order valence-corrected chi connectivity index (χ3v) is 7.15. The van der Waals surface area contributed by atoms with E-state index in [1.807, 2.05) is 0 Å². The number of nitrogens with one attached hydrogen (secondary N) is 1. The Morgan fingerprint density at radius 2 is 1.76 bits per heavy atom. The molecule has 29 heavy (non-hydrogen) atoms. The van der Waals surface area contributed by atoms with Crippen LogP contribution < -0.4 is 9.62 Å². The van der Waals surface area contributed by atoms with E-state index < -0.39 is 20.0 Å². The molecule has 1 N–H and O–H groups in total. The molecule has 0 fully saturated rings. The number of benzene rings is 2. The van der Waals surface area contributed by atoms with Crippen LogP contribution in [0.2, 0.25) is 0 Å². The summed E-state index contributed by atoms with van der Waals surface area (Å²) in [5, 5.41) is 0. The van der Waals surface area contributed by atoms with E-state index in [-0.39, 0.29) is 10.8 Å². The first-order valence-electron chi connectivity index (χ1n) is 8.86. The molecule has 1 heterocycles. The van der Waals surface area contributed by atoms with Crippen molar-refractivity contribution in [3.05, 3.63) is 53.1 Å². The molecule has 0 radical (unpaired) electrons. The maximum absolute atomic E-state index is 13.1. The Kier molecular flexibility index (Phi) is 5.46. The van der Waals surface area contributed by atoms with E-state index in [0.717, 1.165) is 16.1 Å². The average molecular weight is 438 g/mol. The van der Waals surface area contributed by atoms with E-state index in [0.29, 0.717) is 35.5 Å². The third-order valence-electron chi connectivity index (χ3n) is 4.75. The number of sulfonamides is 2. The summed E-state index contributed by atoms with van der Waals surface area (Å²) in [5.41, 5.74) is 2.84. The zero-order valence-electron chi connectivity index (χ0n) is 16.6. The minimum absolute atomic E-state index is 0.186. The Morgan fingerprint density at radius 3 is 2.38 bits per heavy atom. The number of aryl methyl sites for hydroxylation is 1. The van der Waals surface area contributed by atoms with Gasteiger partial charge in [0.2, 0.25) is 20.0 Å². The quantitative estimate of drug-likeness (QED) is 0.768. The SMILES string of the molecule is Cc1ccc(C(=O)N2CCc3cc(S(=O)(=O)N(C)C)ccc32)cc1NS(C)(=O)=O.